The molecule has 4 heterocycles. The molecule has 0 radical (unpaired) electrons. The number of ether oxygens (including phenoxy) is 3. The Labute approximate surface area is 154 Å². The van der Waals surface area contributed by atoms with E-state index >= 15 is 0 Å². The van der Waals surface area contributed by atoms with Gasteiger partial charge in [0.25, 0.3) is 5.91 Å². The number of carbonyl (C=O) groups excluding carboxylic acids is 1. The number of anilines is 1. The van der Waals surface area contributed by atoms with Gasteiger partial charge in [-0.2, -0.15) is 0 Å². The average molecular weight is 383 g/mol. The van der Waals surface area contributed by atoms with Gasteiger partial charge in [0.1, 0.15) is 24.1 Å². The number of imidazole rings is 1. The lowest BCUT2D eigenvalue weighted by atomic mass is 10.1. The second-order valence-corrected chi connectivity index (χ2v) is 6.95. The van der Waals surface area contributed by atoms with Crippen molar-refractivity contribution in [2.24, 2.45) is 0 Å². The summed E-state index contributed by atoms with van der Waals surface area (Å²) in [5.74, 6) is -0.569. The third kappa shape index (κ3) is 2.78. The van der Waals surface area contributed by atoms with Crippen LogP contribution < -0.4 is 11.1 Å². The molecule has 0 spiro atoms. The van der Waals surface area contributed by atoms with Crippen LogP contribution in [-0.4, -0.2) is 61.9 Å². The molecule has 3 N–H and O–H groups in total. The SMILES string of the molecule is CC1(C)O[C@@H]2[C@H](O1)[C@@H](C(=O)NCCCl)O[C@H]2n1cnc2c(N)ncnc21. The van der Waals surface area contributed by atoms with Crippen molar-refractivity contribution in [2.45, 2.75) is 44.2 Å². The van der Waals surface area contributed by atoms with Crippen LogP contribution in [0.2, 0.25) is 0 Å². The Kier molecular flexibility index (Phi) is 4.22. The normalized spacial score (nSPS) is 29.8. The predicted molar refractivity (Wildman–Crippen MR) is 91.2 cm³/mol. The lowest BCUT2D eigenvalue weighted by Gasteiger charge is -2.24. The van der Waals surface area contributed by atoms with Gasteiger partial charge in [-0.25, -0.2) is 15.0 Å². The van der Waals surface area contributed by atoms with Crippen LogP contribution in [0.5, 0.6) is 0 Å². The number of halogens is 1. The fourth-order valence-corrected chi connectivity index (χ4v) is 3.43. The van der Waals surface area contributed by atoms with E-state index in [0.29, 0.717) is 23.6 Å². The molecular formula is C15H19ClN6O4. The maximum atomic E-state index is 12.5. The number of amides is 1. The highest BCUT2D eigenvalue weighted by atomic mass is 35.5. The molecule has 140 valence electrons. The monoisotopic (exact) mass is 382 g/mol. The van der Waals surface area contributed by atoms with E-state index in [0.717, 1.165) is 0 Å². The Morgan fingerprint density at radius 1 is 1.35 bits per heavy atom. The van der Waals surface area contributed by atoms with E-state index in [1.807, 2.05) is 0 Å². The number of aromatic nitrogens is 4. The number of hydrogen-bond acceptors (Lipinski definition) is 8. The van der Waals surface area contributed by atoms with Gasteiger partial charge < -0.3 is 25.3 Å². The van der Waals surface area contributed by atoms with Crippen molar-refractivity contribution >= 4 is 34.5 Å². The van der Waals surface area contributed by atoms with Crippen LogP contribution in [0, 0.1) is 0 Å². The second-order valence-electron chi connectivity index (χ2n) is 6.57. The van der Waals surface area contributed by atoms with E-state index in [9.17, 15) is 4.79 Å². The van der Waals surface area contributed by atoms with Gasteiger partial charge in [-0.1, -0.05) is 0 Å². The van der Waals surface area contributed by atoms with Crippen LogP contribution in [0.25, 0.3) is 11.2 Å². The first kappa shape index (κ1) is 17.4. The van der Waals surface area contributed by atoms with E-state index in [1.54, 1.807) is 24.7 Å². The molecule has 0 aromatic carbocycles. The molecule has 2 aliphatic heterocycles. The van der Waals surface area contributed by atoms with Crippen molar-refractivity contribution in [3.8, 4) is 0 Å². The van der Waals surface area contributed by atoms with E-state index in [-0.39, 0.29) is 11.7 Å². The van der Waals surface area contributed by atoms with E-state index in [1.165, 1.54) is 6.33 Å². The Morgan fingerprint density at radius 2 is 2.12 bits per heavy atom. The second kappa shape index (κ2) is 6.31. The minimum atomic E-state index is -0.841. The number of carbonyl (C=O) groups is 1. The standard InChI is InChI=1S/C15H19ClN6O4/c1-15(2)25-8-9(13(23)18-4-3-16)24-14(10(8)26-15)22-6-21-7-11(17)19-5-20-12(7)22/h5-6,8-10,14H,3-4H2,1-2H3,(H,18,23)(H2,17,19,20)/t8-,9+,10-,14-/m1/s1. The number of fused-ring (bicyclic) bond motifs is 2. The van der Waals surface area contributed by atoms with Crippen molar-refractivity contribution in [3.63, 3.8) is 0 Å². The molecule has 0 unspecified atom stereocenters. The van der Waals surface area contributed by atoms with Gasteiger partial charge in [0.15, 0.2) is 29.6 Å². The van der Waals surface area contributed by atoms with Gasteiger partial charge in [-0.05, 0) is 13.8 Å². The van der Waals surface area contributed by atoms with Gasteiger partial charge in [0.2, 0.25) is 0 Å². The largest absolute Gasteiger partial charge is 0.382 e. The average Bonchev–Trinajstić information content (AvgIpc) is 3.24. The zero-order chi connectivity index (χ0) is 18.5. The summed E-state index contributed by atoms with van der Waals surface area (Å²) < 4.78 is 19.6. The smallest absolute Gasteiger partial charge is 0.252 e. The summed E-state index contributed by atoms with van der Waals surface area (Å²) in [6.07, 6.45) is 0.334. The van der Waals surface area contributed by atoms with Crippen LogP contribution in [0.15, 0.2) is 12.7 Å². The van der Waals surface area contributed by atoms with Crippen molar-refractivity contribution in [2.75, 3.05) is 18.2 Å². The molecule has 2 aromatic rings. The quantitative estimate of drug-likeness (QED) is 0.717. The Hall–Kier alpha value is -2.01. The summed E-state index contributed by atoms with van der Waals surface area (Å²) in [4.78, 5) is 24.9. The molecule has 10 nitrogen and oxygen atoms in total. The van der Waals surface area contributed by atoms with Crippen LogP contribution in [0.4, 0.5) is 5.82 Å². The minimum Gasteiger partial charge on any atom is -0.382 e. The van der Waals surface area contributed by atoms with Crippen LogP contribution in [-0.2, 0) is 19.0 Å². The number of hydrogen-bond donors (Lipinski definition) is 2. The molecule has 2 fully saturated rings. The van der Waals surface area contributed by atoms with Crippen molar-refractivity contribution < 1.29 is 19.0 Å². The fourth-order valence-electron chi connectivity index (χ4n) is 3.34. The van der Waals surface area contributed by atoms with Gasteiger partial charge in [-0.3, -0.25) is 9.36 Å². The van der Waals surface area contributed by atoms with Crippen molar-refractivity contribution in [3.05, 3.63) is 12.7 Å². The van der Waals surface area contributed by atoms with E-state index in [2.05, 4.69) is 20.3 Å². The Balaban J connectivity index is 1.69. The Morgan fingerprint density at radius 3 is 2.88 bits per heavy atom. The summed E-state index contributed by atoms with van der Waals surface area (Å²) in [6.45, 7) is 3.93. The first-order valence-corrected chi connectivity index (χ1v) is 8.72. The first-order valence-electron chi connectivity index (χ1n) is 8.19. The van der Waals surface area contributed by atoms with Gasteiger partial charge in [-0.15, -0.1) is 11.6 Å². The summed E-state index contributed by atoms with van der Waals surface area (Å²) in [5.41, 5.74) is 6.80. The lowest BCUT2D eigenvalue weighted by molar-refractivity contribution is -0.197. The van der Waals surface area contributed by atoms with Crippen LogP contribution in [0.3, 0.4) is 0 Å². The molecular weight excluding hydrogens is 364 g/mol. The first-order chi connectivity index (χ1) is 12.4. The number of nitrogens with two attached hydrogens (primary N) is 1. The summed E-state index contributed by atoms with van der Waals surface area (Å²) >= 11 is 5.65. The summed E-state index contributed by atoms with van der Waals surface area (Å²) in [7, 11) is 0. The minimum absolute atomic E-state index is 0.267. The van der Waals surface area contributed by atoms with E-state index in [4.69, 9.17) is 31.5 Å². The highest BCUT2D eigenvalue weighted by Gasteiger charge is 2.58. The molecule has 11 heteroatoms. The molecule has 2 aromatic heterocycles. The molecule has 2 saturated heterocycles. The summed E-state index contributed by atoms with van der Waals surface area (Å²) in [5, 5.41) is 2.72. The number of nitrogens with zero attached hydrogens (tertiary/aromatic N) is 4. The van der Waals surface area contributed by atoms with Crippen LogP contribution in [0.1, 0.15) is 20.1 Å². The number of alkyl halides is 1. The van der Waals surface area contributed by atoms with Gasteiger partial charge in [0, 0.05) is 12.4 Å². The maximum absolute atomic E-state index is 12.5. The topological polar surface area (TPSA) is 126 Å². The molecule has 1 amide bonds. The van der Waals surface area contributed by atoms with E-state index < -0.39 is 30.3 Å². The highest BCUT2D eigenvalue weighted by Crippen LogP contribution is 2.43. The van der Waals surface area contributed by atoms with Crippen molar-refractivity contribution in [1.82, 2.24) is 24.8 Å². The number of rotatable bonds is 4. The number of nitrogen functional groups attached to an aromatic ring is 1. The molecule has 4 atom stereocenters. The lowest BCUT2D eigenvalue weighted by Crippen LogP contribution is -2.43. The van der Waals surface area contributed by atoms with Crippen molar-refractivity contribution in [1.29, 1.82) is 0 Å². The molecule has 0 bridgehead atoms. The fraction of sp³-hybridized carbons (Fsp3) is 0.600. The maximum Gasteiger partial charge on any atom is 0.252 e. The highest BCUT2D eigenvalue weighted by molar-refractivity contribution is 6.18. The molecule has 0 saturated carbocycles. The predicted octanol–water partition coefficient (Wildman–Crippen LogP) is 0.181. The van der Waals surface area contributed by atoms with Gasteiger partial charge in [0.05, 0.1) is 6.33 Å². The molecule has 0 aliphatic carbocycles. The molecule has 2 aliphatic rings. The van der Waals surface area contributed by atoms with Crippen LogP contribution >= 0.6 is 11.6 Å². The Bertz CT molecular complexity index is 843. The third-order valence-electron chi connectivity index (χ3n) is 4.34. The molecule has 4 rings (SSSR count). The summed E-state index contributed by atoms with van der Waals surface area (Å²) in [6, 6.07) is 0. The molecule has 26 heavy (non-hydrogen) atoms. The zero-order valence-electron chi connectivity index (χ0n) is 14.3. The number of nitrogens with one attached hydrogen (secondary N) is 1. The van der Waals surface area contributed by atoms with Gasteiger partial charge >= 0.3 is 0 Å². The zero-order valence-corrected chi connectivity index (χ0v) is 15.0. The third-order valence-corrected chi connectivity index (χ3v) is 4.53.